The highest BCUT2D eigenvalue weighted by atomic mass is 16.5. The average Bonchev–Trinajstić information content (AvgIpc) is 2.64. The highest BCUT2D eigenvalue weighted by molar-refractivity contribution is 6.20. The van der Waals surface area contributed by atoms with Gasteiger partial charge < -0.3 is 9.84 Å². The molecule has 0 aromatic rings. The molecule has 0 heterocycles. The van der Waals surface area contributed by atoms with Crippen molar-refractivity contribution in [1.82, 2.24) is 0 Å². The fourth-order valence-electron chi connectivity index (χ4n) is 2.71. The van der Waals surface area contributed by atoms with E-state index in [1.165, 1.54) is 7.11 Å². The number of hydrogen-bond donors (Lipinski definition) is 0. The van der Waals surface area contributed by atoms with Gasteiger partial charge in [-0.1, -0.05) is 55.4 Å². The van der Waals surface area contributed by atoms with Crippen LogP contribution in [0.4, 0.5) is 0 Å². The van der Waals surface area contributed by atoms with Gasteiger partial charge in [0.2, 0.25) is 5.78 Å². The first-order chi connectivity index (χ1) is 12.6. The van der Waals surface area contributed by atoms with Gasteiger partial charge in [-0.05, 0) is 44.1 Å². The number of hydrogen-bond acceptors (Lipinski definition) is 4. The van der Waals surface area contributed by atoms with Gasteiger partial charge in [-0.2, -0.15) is 0 Å². The van der Waals surface area contributed by atoms with E-state index in [1.807, 2.05) is 6.08 Å². The maximum atomic E-state index is 12.0. The van der Waals surface area contributed by atoms with Gasteiger partial charge in [0.1, 0.15) is 0 Å². The van der Waals surface area contributed by atoms with Gasteiger partial charge in [0, 0.05) is 6.08 Å². The zero-order valence-electron chi connectivity index (χ0n) is 15.7. The first-order valence-electron chi connectivity index (χ1n) is 9.27. The summed E-state index contributed by atoms with van der Waals surface area (Å²) in [6.45, 7) is 3.67. The zero-order chi connectivity index (χ0) is 19.2. The van der Waals surface area contributed by atoms with E-state index in [0.717, 1.165) is 57.4 Å². The van der Waals surface area contributed by atoms with Gasteiger partial charge in [0.15, 0.2) is 11.5 Å². The number of carbonyl (C=O) groups is 2. The van der Waals surface area contributed by atoms with Crippen molar-refractivity contribution in [2.24, 2.45) is 0 Å². The molecule has 4 nitrogen and oxygen atoms in total. The number of allylic oxidation sites excluding steroid dienone is 7. The second-order valence-corrected chi connectivity index (χ2v) is 6.22. The first kappa shape index (κ1) is 21.7. The van der Waals surface area contributed by atoms with Gasteiger partial charge in [-0.3, -0.25) is 9.59 Å². The summed E-state index contributed by atoms with van der Waals surface area (Å²) in [6, 6.07) is 0. The maximum absolute atomic E-state index is 12.0. The molecule has 0 spiro atoms. The second-order valence-electron chi connectivity index (χ2n) is 6.22. The highest BCUT2D eigenvalue weighted by Crippen LogP contribution is 2.22. The van der Waals surface area contributed by atoms with Crippen LogP contribution >= 0.6 is 0 Å². The van der Waals surface area contributed by atoms with Crippen LogP contribution in [-0.4, -0.2) is 18.7 Å². The Morgan fingerprint density at radius 3 is 2.38 bits per heavy atom. The molecule has 1 aliphatic rings. The fourth-order valence-corrected chi connectivity index (χ4v) is 2.71. The Kier molecular flexibility index (Phi) is 10.8. The minimum Gasteiger partial charge on any atom is -0.870 e. The predicted octanol–water partition coefficient (Wildman–Crippen LogP) is 4.09. The van der Waals surface area contributed by atoms with Crippen LogP contribution in [-0.2, 0) is 14.3 Å². The minimum absolute atomic E-state index is 0.0317. The lowest BCUT2D eigenvalue weighted by Crippen LogP contribution is -2.27. The third-order valence-corrected chi connectivity index (χ3v) is 4.18. The molecule has 0 saturated heterocycles. The Balaban J connectivity index is 2.15. The first-order valence-corrected chi connectivity index (χ1v) is 9.27. The molecule has 0 bridgehead atoms. The quantitative estimate of drug-likeness (QED) is 0.283. The monoisotopic (exact) mass is 357 g/mol. The molecule has 142 valence electrons. The molecule has 0 aromatic carbocycles. The van der Waals surface area contributed by atoms with E-state index in [0.29, 0.717) is 6.42 Å². The van der Waals surface area contributed by atoms with Crippen molar-refractivity contribution in [1.29, 1.82) is 0 Å². The van der Waals surface area contributed by atoms with E-state index in [-0.39, 0.29) is 11.3 Å². The average molecular weight is 357 g/mol. The lowest BCUT2D eigenvalue weighted by molar-refractivity contribution is -0.299. The lowest BCUT2D eigenvalue weighted by atomic mass is 9.94. The van der Waals surface area contributed by atoms with Crippen LogP contribution in [0, 0.1) is 0 Å². The molecule has 0 aliphatic heterocycles. The van der Waals surface area contributed by atoms with Gasteiger partial charge in [0.05, 0.1) is 7.11 Å². The summed E-state index contributed by atoms with van der Waals surface area (Å²) in [5, 5.41) is 11.8. The van der Waals surface area contributed by atoms with Crippen LogP contribution in [0.5, 0.6) is 0 Å². The van der Waals surface area contributed by atoms with Gasteiger partial charge in [0.25, 0.3) is 0 Å². The van der Waals surface area contributed by atoms with Crippen LogP contribution in [0.1, 0.15) is 57.8 Å². The van der Waals surface area contributed by atoms with Crippen LogP contribution in [0.25, 0.3) is 0 Å². The highest BCUT2D eigenvalue weighted by Gasteiger charge is 2.23. The molecule has 0 fully saturated rings. The standard InChI is InChI=1S/C22H30O4/c1-3-4-5-6-7-8-9-10-11-12-13-14-15-16-18-21(24)19(23)17-20(26-2)22(18)25/h3,5-6,8-9,17,24H,1,4,7,10-16H2,2H3/p-1/b6-5-,9-8-. The summed E-state index contributed by atoms with van der Waals surface area (Å²) in [5.74, 6) is -1.81. The summed E-state index contributed by atoms with van der Waals surface area (Å²) in [6.07, 6.45) is 19.8. The molecular formula is C22H29O4-. The Morgan fingerprint density at radius 2 is 1.65 bits per heavy atom. The number of unbranched alkanes of at least 4 members (excludes halogenated alkanes) is 5. The van der Waals surface area contributed by atoms with Crippen molar-refractivity contribution in [3.05, 3.63) is 60.1 Å². The van der Waals surface area contributed by atoms with E-state index in [4.69, 9.17) is 4.74 Å². The smallest absolute Gasteiger partial charge is 0.223 e. The number of Topliss-reactive ketones (excluding diaryl/α,β-unsaturated/α-hetero) is 1. The number of carbonyl (C=O) groups excluding carboxylic acids is 2. The van der Waals surface area contributed by atoms with Crippen LogP contribution < -0.4 is 5.11 Å². The fraction of sp³-hybridized carbons (Fsp3) is 0.455. The van der Waals surface area contributed by atoms with Crippen LogP contribution in [0.3, 0.4) is 0 Å². The Hall–Kier alpha value is -2.36. The Labute approximate surface area is 156 Å². The van der Waals surface area contributed by atoms with Crippen molar-refractivity contribution in [2.45, 2.75) is 57.8 Å². The zero-order valence-corrected chi connectivity index (χ0v) is 15.7. The van der Waals surface area contributed by atoms with Gasteiger partial charge in [-0.15, -0.1) is 6.58 Å². The van der Waals surface area contributed by atoms with Crippen molar-refractivity contribution in [2.75, 3.05) is 7.11 Å². The summed E-state index contributed by atoms with van der Waals surface area (Å²) >= 11 is 0. The van der Waals surface area contributed by atoms with Crippen LogP contribution in [0.15, 0.2) is 60.1 Å². The molecule has 0 atom stereocenters. The summed E-state index contributed by atoms with van der Waals surface area (Å²) in [7, 11) is 1.33. The molecule has 0 amide bonds. The summed E-state index contributed by atoms with van der Waals surface area (Å²) in [4.78, 5) is 23.6. The van der Waals surface area contributed by atoms with Crippen LogP contribution in [0.2, 0.25) is 0 Å². The molecule has 26 heavy (non-hydrogen) atoms. The molecule has 0 aromatic heterocycles. The van der Waals surface area contributed by atoms with E-state index >= 15 is 0 Å². The van der Waals surface area contributed by atoms with E-state index < -0.39 is 17.3 Å². The van der Waals surface area contributed by atoms with Crippen molar-refractivity contribution in [3.8, 4) is 0 Å². The predicted molar refractivity (Wildman–Crippen MR) is 102 cm³/mol. The SMILES string of the molecule is C=CC/C=C\C/C=C\CCCCCCCC1=C([O-])C(=O)C=C(OC)C1=O. The molecule has 0 saturated carbocycles. The minimum atomic E-state index is -0.678. The molecule has 1 aliphatic carbocycles. The molecule has 0 unspecified atom stereocenters. The summed E-state index contributed by atoms with van der Waals surface area (Å²) in [5.41, 5.74) is 0.0711. The van der Waals surface area contributed by atoms with Crippen molar-refractivity contribution < 1.29 is 19.4 Å². The largest absolute Gasteiger partial charge is 0.870 e. The maximum Gasteiger partial charge on any atom is 0.223 e. The summed E-state index contributed by atoms with van der Waals surface area (Å²) < 4.78 is 4.87. The van der Waals surface area contributed by atoms with E-state index in [9.17, 15) is 14.7 Å². The molecular weight excluding hydrogens is 328 g/mol. The van der Waals surface area contributed by atoms with E-state index in [1.54, 1.807) is 0 Å². The van der Waals surface area contributed by atoms with Gasteiger partial charge >= 0.3 is 0 Å². The van der Waals surface area contributed by atoms with E-state index in [2.05, 4.69) is 30.9 Å². The lowest BCUT2D eigenvalue weighted by Gasteiger charge is -2.21. The number of rotatable bonds is 13. The van der Waals surface area contributed by atoms with Crippen molar-refractivity contribution in [3.63, 3.8) is 0 Å². The number of methoxy groups -OCH3 is 1. The number of ketones is 2. The third-order valence-electron chi connectivity index (χ3n) is 4.18. The van der Waals surface area contributed by atoms with Crippen molar-refractivity contribution >= 4 is 11.6 Å². The Bertz CT molecular complexity index is 606. The normalized spacial score (nSPS) is 15.2. The molecule has 4 heteroatoms. The third kappa shape index (κ3) is 7.68. The molecule has 0 radical (unpaired) electrons. The number of ether oxygens (including phenoxy) is 1. The van der Waals surface area contributed by atoms with Gasteiger partial charge in [-0.25, -0.2) is 0 Å². The molecule has 0 N–H and O–H groups in total. The second kappa shape index (κ2) is 12.9. The Morgan fingerprint density at radius 1 is 1.00 bits per heavy atom. The molecule has 1 rings (SSSR count). The topological polar surface area (TPSA) is 66.4 Å².